The maximum absolute atomic E-state index is 13.4. The first-order valence-electron chi connectivity index (χ1n) is 11.8. The average Bonchev–Trinajstić information content (AvgIpc) is 3.19. The molecule has 2 atom stereocenters. The molecule has 4 rings (SSSR count). The Labute approximate surface area is 199 Å². The first-order valence-corrected chi connectivity index (χ1v) is 11.8. The molecule has 1 saturated heterocycles. The normalized spacial score (nSPS) is 19.1. The lowest BCUT2D eigenvalue weighted by atomic mass is 9.84. The zero-order chi connectivity index (χ0) is 24.2. The number of amides is 2. The fourth-order valence-corrected chi connectivity index (χ4v) is 5.30. The van der Waals surface area contributed by atoms with Crippen LogP contribution in [0.15, 0.2) is 48.5 Å². The van der Waals surface area contributed by atoms with Gasteiger partial charge in [-0.1, -0.05) is 36.4 Å². The molecule has 0 N–H and O–H groups in total. The number of likely N-dealkylation sites (N-methyl/N-ethyl adjacent to an activating group) is 1. The van der Waals surface area contributed by atoms with Gasteiger partial charge < -0.3 is 14.5 Å². The van der Waals surface area contributed by atoms with Gasteiger partial charge in [0.15, 0.2) is 5.78 Å². The minimum atomic E-state index is -0.402. The van der Waals surface area contributed by atoms with Crippen molar-refractivity contribution in [3.05, 3.63) is 71.0 Å². The fraction of sp³-hybridized carbons (Fsp3) is 0.444. The van der Waals surface area contributed by atoms with Gasteiger partial charge >= 0.3 is 0 Å². The highest BCUT2D eigenvalue weighted by Crippen LogP contribution is 2.36. The lowest BCUT2D eigenvalue weighted by molar-refractivity contribution is -0.139. The summed E-state index contributed by atoms with van der Waals surface area (Å²) in [6.07, 6.45) is 2.35. The SMILES string of the molecule is COCC(=O)N(C)[C@@H](Cc1ccc(F)cc1)C1CCN(C(=O)[C@H]2CC(=O)c3ccccc32)CC1. The van der Waals surface area contributed by atoms with Gasteiger partial charge in [0.1, 0.15) is 12.4 Å². The standard InChI is InChI=1S/C27H31FN2O4/c1-29(26(32)17-34-2)24(15-18-7-9-20(28)10-8-18)19-11-13-30(14-12-19)27(33)23-16-25(31)22-6-4-3-5-21(22)23/h3-10,19,23-24H,11-17H2,1-2H3/t23-,24-/m0/s1. The number of halogens is 1. The largest absolute Gasteiger partial charge is 0.375 e. The van der Waals surface area contributed by atoms with Gasteiger partial charge in [0, 0.05) is 45.3 Å². The van der Waals surface area contributed by atoms with Gasteiger partial charge in [-0.2, -0.15) is 0 Å². The molecule has 2 aromatic carbocycles. The van der Waals surface area contributed by atoms with E-state index < -0.39 is 5.92 Å². The summed E-state index contributed by atoms with van der Waals surface area (Å²) < 4.78 is 18.4. The van der Waals surface area contributed by atoms with Crippen LogP contribution in [0.2, 0.25) is 0 Å². The van der Waals surface area contributed by atoms with Crippen molar-refractivity contribution in [2.75, 3.05) is 33.9 Å². The fourth-order valence-electron chi connectivity index (χ4n) is 5.30. The summed E-state index contributed by atoms with van der Waals surface area (Å²) in [5.41, 5.74) is 2.45. The Bertz CT molecular complexity index is 1050. The Morgan fingerprint density at radius 2 is 1.79 bits per heavy atom. The Kier molecular flexibility index (Phi) is 7.41. The maximum atomic E-state index is 13.4. The molecule has 6 nitrogen and oxygen atoms in total. The number of ether oxygens (including phenoxy) is 1. The van der Waals surface area contributed by atoms with Gasteiger partial charge in [-0.15, -0.1) is 0 Å². The summed E-state index contributed by atoms with van der Waals surface area (Å²) in [4.78, 5) is 41.9. The second-order valence-corrected chi connectivity index (χ2v) is 9.27. The number of likely N-dealkylation sites (tertiary alicyclic amines) is 1. The minimum Gasteiger partial charge on any atom is -0.375 e. The lowest BCUT2D eigenvalue weighted by Crippen LogP contribution is -2.49. The highest BCUT2D eigenvalue weighted by atomic mass is 19.1. The van der Waals surface area contributed by atoms with Crippen LogP contribution in [0.5, 0.6) is 0 Å². The first kappa shape index (κ1) is 24.1. The van der Waals surface area contributed by atoms with Crippen LogP contribution in [0, 0.1) is 11.7 Å². The maximum Gasteiger partial charge on any atom is 0.248 e. The minimum absolute atomic E-state index is 0.00284. The second-order valence-electron chi connectivity index (χ2n) is 9.27. The number of carbonyl (C=O) groups is 3. The van der Waals surface area contributed by atoms with Crippen LogP contribution in [0.3, 0.4) is 0 Å². The first-order chi connectivity index (χ1) is 16.4. The van der Waals surface area contributed by atoms with Crippen molar-refractivity contribution in [3.63, 3.8) is 0 Å². The van der Waals surface area contributed by atoms with Gasteiger partial charge in [-0.05, 0) is 48.4 Å². The number of benzene rings is 2. The molecule has 1 aliphatic carbocycles. The Morgan fingerprint density at radius 3 is 2.47 bits per heavy atom. The summed E-state index contributed by atoms with van der Waals surface area (Å²) in [5, 5.41) is 0. The number of Topliss-reactive ketones (excluding diaryl/α,β-unsaturated/α-hetero) is 1. The molecule has 34 heavy (non-hydrogen) atoms. The number of nitrogens with zero attached hydrogens (tertiary/aromatic N) is 2. The molecule has 1 fully saturated rings. The van der Waals surface area contributed by atoms with Crippen molar-refractivity contribution >= 4 is 17.6 Å². The van der Waals surface area contributed by atoms with E-state index in [0.29, 0.717) is 25.1 Å². The molecule has 7 heteroatoms. The Balaban J connectivity index is 1.45. The zero-order valence-corrected chi connectivity index (χ0v) is 19.7. The van der Waals surface area contributed by atoms with Crippen LogP contribution in [-0.4, -0.2) is 67.3 Å². The molecule has 1 aliphatic heterocycles. The monoisotopic (exact) mass is 466 g/mol. The number of methoxy groups -OCH3 is 1. The molecule has 2 aromatic rings. The third-order valence-electron chi connectivity index (χ3n) is 7.24. The van der Waals surface area contributed by atoms with Crippen LogP contribution < -0.4 is 0 Å². The summed E-state index contributed by atoms with van der Waals surface area (Å²) >= 11 is 0. The number of rotatable bonds is 7. The van der Waals surface area contributed by atoms with Gasteiger partial charge in [0.25, 0.3) is 0 Å². The summed E-state index contributed by atoms with van der Waals surface area (Å²) in [6, 6.07) is 13.7. The number of piperidine rings is 1. The van der Waals surface area contributed by atoms with Crippen LogP contribution in [0.25, 0.3) is 0 Å². The molecular weight excluding hydrogens is 435 g/mol. The van der Waals surface area contributed by atoms with Gasteiger partial charge in [-0.3, -0.25) is 14.4 Å². The van der Waals surface area contributed by atoms with Crippen LogP contribution >= 0.6 is 0 Å². The van der Waals surface area contributed by atoms with E-state index in [4.69, 9.17) is 4.74 Å². The van der Waals surface area contributed by atoms with Crippen LogP contribution in [-0.2, 0) is 20.7 Å². The lowest BCUT2D eigenvalue weighted by Gasteiger charge is -2.40. The smallest absolute Gasteiger partial charge is 0.248 e. The summed E-state index contributed by atoms with van der Waals surface area (Å²) in [5.74, 6) is -0.562. The molecule has 0 radical (unpaired) electrons. The van der Waals surface area contributed by atoms with E-state index in [9.17, 15) is 18.8 Å². The zero-order valence-electron chi connectivity index (χ0n) is 19.7. The molecule has 1 heterocycles. The van der Waals surface area contributed by atoms with Crippen molar-refractivity contribution in [1.29, 1.82) is 0 Å². The number of hydrogen-bond acceptors (Lipinski definition) is 4. The van der Waals surface area contributed by atoms with E-state index in [-0.39, 0.29) is 48.4 Å². The van der Waals surface area contributed by atoms with Gasteiger partial charge in [0.05, 0.1) is 5.92 Å². The predicted octanol–water partition coefficient (Wildman–Crippen LogP) is 3.45. The molecule has 0 saturated carbocycles. The number of hydrogen-bond donors (Lipinski definition) is 0. The molecule has 2 amide bonds. The highest BCUT2D eigenvalue weighted by Gasteiger charge is 2.38. The Hall–Kier alpha value is -3.06. The third-order valence-corrected chi connectivity index (χ3v) is 7.24. The average molecular weight is 467 g/mol. The van der Waals surface area contributed by atoms with Crippen molar-refractivity contribution in [2.45, 2.75) is 37.6 Å². The molecule has 0 bridgehead atoms. The number of fused-ring (bicyclic) bond motifs is 1. The summed E-state index contributed by atoms with van der Waals surface area (Å²) in [6.45, 7) is 1.17. The highest BCUT2D eigenvalue weighted by molar-refractivity contribution is 6.06. The van der Waals surface area contributed by atoms with Gasteiger partial charge in [-0.25, -0.2) is 4.39 Å². The van der Waals surface area contributed by atoms with E-state index in [1.54, 1.807) is 30.1 Å². The molecule has 0 spiro atoms. The van der Waals surface area contributed by atoms with E-state index in [1.807, 2.05) is 23.1 Å². The quantitative estimate of drug-likeness (QED) is 0.627. The van der Waals surface area contributed by atoms with Crippen molar-refractivity contribution in [1.82, 2.24) is 9.80 Å². The molecule has 2 aliphatic rings. The van der Waals surface area contributed by atoms with Crippen molar-refractivity contribution in [3.8, 4) is 0 Å². The Morgan fingerprint density at radius 1 is 1.12 bits per heavy atom. The summed E-state index contributed by atoms with van der Waals surface area (Å²) in [7, 11) is 3.28. The second kappa shape index (κ2) is 10.5. The third kappa shape index (κ3) is 5.04. The van der Waals surface area contributed by atoms with E-state index in [2.05, 4.69) is 0 Å². The van der Waals surface area contributed by atoms with E-state index in [1.165, 1.54) is 19.2 Å². The predicted molar refractivity (Wildman–Crippen MR) is 126 cm³/mol. The molecule has 180 valence electrons. The number of ketones is 1. The molecule has 0 aromatic heterocycles. The van der Waals surface area contributed by atoms with Crippen LogP contribution in [0.1, 0.15) is 46.7 Å². The topological polar surface area (TPSA) is 66.9 Å². The molecule has 0 unspecified atom stereocenters. The molecular formula is C27H31FN2O4. The van der Waals surface area contributed by atoms with Gasteiger partial charge in [0.2, 0.25) is 11.8 Å². The number of carbonyl (C=O) groups excluding carboxylic acids is 3. The van der Waals surface area contributed by atoms with Crippen molar-refractivity contribution < 1.29 is 23.5 Å². The van der Waals surface area contributed by atoms with E-state index in [0.717, 1.165) is 24.0 Å². The van der Waals surface area contributed by atoms with Crippen molar-refractivity contribution in [2.24, 2.45) is 5.92 Å². The van der Waals surface area contributed by atoms with E-state index >= 15 is 0 Å². The van der Waals surface area contributed by atoms with Crippen LogP contribution in [0.4, 0.5) is 4.39 Å².